The number of fused-ring (bicyclic) bond motifs is 1. The van der Waals surface area contributed by atoms with Crippen LogP contribution in [0.1, 0.15) is 16.7 Å². The Bertz CT molecular complexity index is 514. The van der Waals surface area contributed by atoms with Gasteiger partial charge in [0, 0.05) is 19.6 Å². The monoisotopic (exact) mass is 275 g/mol. The molecule has 100 valence electrons. The molecular weight excluding hydrogens is 258 g/mol. The highest BCUT2D eigenvalue weighted by atomic mass is 35.5. The Morgan fingerprint density at radius 1 is 0.947 bits per heavy atom. The molecule has 0 N–H and O–H groups in total. The summed E-state index contributed by atoms with van der Waals surface area (Å²) in [5.41, 5.74) is 4.26. The van der Waals surface area contributed by atoms with Crippen molar-refractivity contribution in [1.82, 2.24) is 4.90 Å². The van der Waals surface area contributed by atoms with Crippen LogP contribution in [0.15, 0.2) is 48.5 Å². The average Bonchev–Trinajstić information content (AvgIpc) is 2.82. The first kappa shape index (κ1) is 13.9. The number of hydrogen-bond acceptors (Lipinski definition) is 2. The molecule has 2 nitrogen and oxygen atoms in total. The summed E-state index contributed by atoms with van der Waals surface area (Å²) in [6, 6.07) is 17.0. The number of nitrogens with zero attached hydrogens (tertiary/aromatic N) is 1. The van der Waals surface area contributed by atoms with Crippen molar-refractivity contribution in [3.63, 3.8) is 0 Å². The van der Waals surface area contributed by atoms with Crippen molar-refractivity contribution in [1.29, 1.82) is 0 Å². The van der Waals surface area contributed by atoms with Gasteiger partial charge in [0.2, 0.25) is 0 Å². The maximum absolute atomic E-state index is 5.18. The van der Waals surface area contributed by atoms with E-state index < -0.39 is 0 Å². The van der Waals surface area contributed by atoms with Crippen molar-refractivity contribution >= 4 is 12.4 Å². The smallest absolute Gasteiger partial charge is 0.118 e. The number of hydrogen-bond donors (Lipinski definition) is 0. The second-order valence-corrected chi connectivity index (χ2v) is 4.76. The van der Waals surface area contributed by atoms with Crippen LogP contribution in [0.2, 0.25) is 0 Å². The van der Waals surface area contributed by atoms with Crippen LogP contribution in [0.5, 0.6) is 5.75 Å². The van der Waals surface area contributed by atoms with Crippen LogP contribution in [0.4, 0.5) is 0 Å². The van der Waals surface area contributed by atoms with Gasteiger partial charge in [-0.3, -0.25) is 4.90 Å². The second-order valence-electron chi connectivity index (χ2n) is 4.76. The van der Waals surface area contributed by atoms with E-state index in [1.807, 2.05) is 12.1 Å². The van der Waals surface area contributed by atoms with E-state index in [0.29, 0.717) is 0 Å². The van der Waals surface area contributed by atoms with Crippen molar-refractivity contribution in [2.75, 3.05) is 7.11 Å². The van der Waals surface area contributed by atoms with Gasteiger partial charge in [-0.1, -0.05) is 36.4 Å². The molecule has 1 heterocycles. The summed E-state index contributed by atoms with van der Waals surface area (Å²) < 4.78 is 5.18. The summed E-state index contributed by atoms with van der Waals surface area (Å²) in [7, 11) is 1.70. The molecule has 0 aliphatic carbocycles. The fourth-order valence-corrected chi connectivity index (χ4v) is 2.50. The molecule has 0 aromatic heterocycles. The highest BCUT2D eigenvalue weighted by Crippen LogP contribution is 2.24. The van der Waals surface area contributed by atoms with E-state index in [9.17, 15) is 0 Å². The summed E-state index contributed by atoms with van der Waals surface area (Å²) in [5, 5.41) is 0. The minimum Gasteiger partial charge on any atom is -0.497 e. The molecule has 0 saturated heterocycles. The Balaban J connectivity index is 0.00000133. The Kier molecular flexibility index (Phi) is 4.46. The summed E-state index contributed by atoms with van der Waals surface area (Å²) in [6.45, 7) is 3.11. The lowest BCUT2D eigenvalue weighted by molar-refractivity contribution is 0.275. The average molecular weight is 276 g/mol. The summed E-state index contributed by atoms with van der Waals surface area (Å²) in [6.07, 6.45) is 0. The molecule has 19 heavy (non-hydrogen) atoms. The summed E-state index contributed by atoms with van der Waals surface area (Å²) >= 11 is 0. The quantitative estimate of drug-likeness (QED) is 0.848. The molecule has 3 heteroatoms. The largest absolute Gasteiger partial charge is 0.497 e. The lowest BCUT2D eigenvalue weighted by atomic mass is 10.1. The van der Waals surface area contributed by atoms with Gasteiger partial charge in [-0.15, -0.1) is 12.4 Å². The van der Waals surface area contributed by atoms with Gasteiger partial charge in [-0.2, -0.15) is 0 Å². The minimum atomic E-state index is 0. The van der Waals surface area contributed by atoms with E-state index in [1.54, 1.807) is 7.11 Å². The normalized spacial score (nSPS) is 13.7. The number of methoxy groups -OCH3 is 1. The zero-order valence-corrected chi connectivity index (χ0v) is 11.8. The number of ether oxygens (including phenoxy) is 1. The molecular formula is C16H18ClNO. The molecule has 0 bridgehead atoms. The van der Waals surface area contributed by atoms with E-state index in [2.05, 4.69) is 41.3 Å². The molecule has 0 atom stereocenters. The van der Waals surface area contributed by atoms with E-state index >= 15 is 0 Å². The van der Waals surface area contributed by atoms with Crippen molar-refractivity contribution in [2.24, 2.45) is 0 Å². The van der Waals surface area contributed by atoms with Gasteiger partial charge in [0.25, 0.3) is 0 Å². The van der Waals surface area contributed by atoms with Gasteiger partial charge in [0.05, 0.1) is 7.11 Å². The Morgan fingerprint density at radius 2 is 1.53 bits per heavy atom. The lowest BCUT2D eigenvalue weighted by Crippen LogP contribution is -2.15. The maximum Gasteiger partial charge on any atom is 0.118 e. The SMILES string of the molecule is COc1ccc(CN2Cc3ccccc3C2)cc1.Cl. The van der Waals surface area contributed by atoms with Gasteiger partial charge in [0.1, 0.15) is 5.75 Å². The van der Waals surface area contributed by atoms with Crippen LogP contribution in [0.25, 0.3) is 0 Å². The van der Waals surface area contributed by atoms with E-state index in [4.69, 9.17) is 4.74 Å². The Hall–Kier alpha value is -1.51. The fraction of sp³-hybridized carbons (Fsp3) is 0.250. The predicted molar refractivity (Wildman–Crippen MR) is 79.6 cm³/mol. The number of halogens is 1. The molecule has 0 saturated carbocycles. The van der Waals surface area contributed by atoms with Crippen molar-refractivity contribution in [3.8, 4) is 5.75 Å². The second kappa shape index (κ2) is 6.09. The van der Waals surface area contributed by atoms with Gasteiger partial charge >= 0.3 is 0 Å². The van der Waals surface area contributed by atoms with Gasteiger partial charge in [0.15, 0.2) is 0 Å². The van der Waals surface area contributed by atoms with Crippen molar-refractivity contribution in [2.45, 2.75) is 19.6 Å². The first-order valence-electron chi connectivity index (χ1n) is 6.27. The third kappa shape index (κ3) is 3.09. The van der Waals surface area contributed by atoms with Crippen molar-refractivity contribution in [3.05, 3.63) is 65.2 Å². The van der Waals surface area contributed by atoms with E-state index in [0.717, 1.165) is 25.4 Å². The molecule has 1 aliphatic rings. The third-order valence-electron chi connectivity index (χ3n) is 3.47. The zero-order valence-electron chi connectivity index (χ0n) is 11.0. The van der Waals surface area contributed by atoms with Crippen LogP contribution in [-0.2, 0) is 19.6 Å². The first-order chi connectivity index (χ1) is 8.85. The highest BCUT2D eigenvalue weighted by Gasteiger charge is 2.17. The Labute approximate surface area is 120 Å². The van der Waals surface area contributed by atoms with Crippen LogP contribution >= 0.6 is 12.4 Å². The summed E-state index contributed by atoms with van der Waals surface area (Å²) in [5.74, 6) is 0.920. The van der Waals surface area contributed by atoms with Crippen LogP contribution in [0, 0.1) is 0 Å². The molecule has 0 spiro atoms. The van der Waals surface area contributed by atoms with Crippen LogP contribution < -0.4 is 4.74 Å². The summed E-state index contributed by atoms with van der Waals surface area (Å²) in [4.78, 5) is 2.46. The Morgan fingerprint density at radius 3 is 2.05 bits per heavy atom. The highest BCUT2D eigenvalue weighted by molar-refractivity contribution is 5.85. The number of benzene rings is 2. The molecule has 0 fully saturated rings. The van der Waals surface area contributed by atoms with Gasteiger partial charge in [-0.25, -0.2) is 0 Å². The van der Waals surface area contributed by atoms with E-state index in [1.165, 1.54) is 16.7 Å². The molecule has 0 amide bonds. The lowest BCUT2D eigenvalue weighted by Gasteiger charge is -2.14. The fourth-order valence-electron chi connectivity index (χ4n) is 2.50. The molecule has 1 aliphatic heterocycles. The maximum atomic E-state index is 5.18. The zero-order chi connectivity index (χ0) is 12.4. The molecule has 0 radical (unpaired) electrons. The van der Waals surface area contributed by atoms with Crippen LogP contribution in [0.3, 0.4) is 0 Å². The standard InChI is InChI=1S/C16H17NO.ClH/c1-18-16-8-6-13(7-9-16)10-17-11-14-4-2-3-5-15(14)12-17;/h2-9H,10-12H2,1H3;1H. The topological polar surface area (TPSA) is 12.5 Å². The number of rotatable bonds is 3. The van der Waals surface area contributed by atoms with Crippen LogP contribution in [-0.4, -0.2) is 12.0 Å². The molecule has 2 aromatic carbocycles. The predicted octanol–water partition coefficient (Wildman–Crippen LogP) is 3.63. The minimum absolute atomic E-state index is 0. The molecule has 0 unspecified atom stereocenters. The van der Waals surface area contributed by atoms with Gasteiger partial charge < -0.3 is 4.74 Å². The molecule has 2 aromatic rings. The van der Waals surface area contributed by atoms with Gasteiger partial charge in [-0.05, 0) is 28.8 Å². The van der Waals surface area contributed by atoms with Crippen molar-refractivity contribution < 1.29 is 4.74 Å². The molecule has 3 rings (SSSR count). The van der Waals surface area contributed by atoms with E-state index in [-0.39, 0.29) is 12.4 Å². The first-order valence-corrected chi connectivity index (χ1v) is 6.27. The third-order valence-corrected chi connectivity index (χ3v) is 3.47.